The molecule has 1 aromatic carbocycles. The highest BCUT2D eigenvalue weighted by atomic mass is 35.5. The quantitative estimate of drug-likeness (QED) is 0.369. The van der Waals surface area contributed by atoms with Crippen LogP contribution in [-0.2, 0) is 0 Å². The molecular weight excluding hydrogens is 241 g/mol. The fourth-order valence-corrected chi connectivity index (χ4v) is 2.25. The maximum absolute atomic E-state index is 13.6. The molecular formula is C12H15ClFN3. The number of nitrogens with zero attached hydrogens (tertiary/aromatic N) is 1. The molecule has 17 heavy (non-hydrogen) atoms. The summed E-state index contributed by atoms with van der Waals surface area (Å²) in [6, 6.07) is 4.59. The lowest BCUT2D eigenvalue weighted by Gasteiger charge is -2.10. The SMILES string of the molecule is NNC(=NC1CCCC1)c1cc(Cl)ccc1F. The summed E-state index contributed by atoms with van der Waals surface area (Å²) in [6.45, 7) is 0. The molecule has 0 radical (unpaired) electrons. The van der Waals surface area contributed by atoms with Crippen LogP contribution in [-0.4, -0.2) is 11.9 Å². The number of benzene rings is 1. The van der Waals surface area contributed by atoms with Crippen molar-refractivity contribution in [2.45, 2.75) is 31.7 Å². The van der Waals surface area contributed by atoms with E-state index in [1.807, 2.05) is 0 Å². The van der Waals surface area contributed by atoms with Crippen molar-refractivity contribution in [3.05, 3.63) is 34.6 Å². The van der Waals surface area contributed by atoms with E-state index in [-0.39, 0.29) is 11.9 Å². The first-order valence-corrected chi connectivity index (χ1v) is 6.08. The third kappa shape index (κ3) is 2.96. The molecule has 0 aliphatic heterocycles. The van der Waals surface area contributed by atoms with Gasteiger partial charge in [0.2, 0.25) is 0 Å². The van der Waals surface area contributed by atoms with Crippen molar-refractivity contribution in [2.75, 3.05) is 0 Å². The zero-order chi connectivity index (χ0) is 12.3. The van der Waals surface area contributed by atoms with Crippen LogP contribution in [0.5, 0.6) is 0 Å². The largest absolute Gasteiger partial charge is 0.308 e. The molecule has 92 valence electrons. The summed E-state index contributed by atoms with van der Waals surface area (Å²) in [5.41, 5.74) is 2.79. The fourth-order valence-electron chi connectivity index (χ4n) is 2.08. The lowest BCUT2D eigenvalue weighted by Crippen LogP contribution is -2.33. The Kier molecular flexibility index (Phi) is 3.97. The third-order valence-corrected chi connectivity index (χ3v) is 3.19. The van der Waals surface area contributed by atoms with Gasteiger partial charge in [-0.3, -0.25) is 4.99 Å². The van der Waals surface area contributed by atoms with Crippen LogP contribution in [0.2, 0.25) is 5.02 Å². The van der Waals surface area contributed by atoms with Crippen molar-refractivity contribution in [1.82, 2.24) is 5.43 Å². The Labute approximate surface area is 105 Å². The monoisotopic (exact) mass is 255 g/mol. The van der Waals surface area contributed by atoms with Crippen LogP contribution >= 0.6 is 11.6 Å². The van der Waals surface area contributed by atoms with Crippen LogP contribution in [0.15, 0.2) is 23.2 Å². The minimum absolute atomic E-state index is 0.236. The molecule has 0 bridgehead atoms. The van der Waals surface area contributed by atoms with Gasteiger partial charge in [-0.2, -0.15) is 0 Å². The molecule has 0 aromatic heterocycles. The van der Waals surface area contributed by atoms with Crippen molar-refractivity contribution in [2.24, 2.45) is 10.8 Å². The number of aliphatic imine (C=N–C) groups is 1. The molecule has 3 nitrogen and oxygen atoms in total. The number of nitrogens with one attached hydrogen (secondary N) is 1. The molecule has 1 saturated carbocycles. The summed E-state index contributed by atoms with van der Waals surface area (Å²) in [6.07, 6.45) is 4.41. The number of nitrogens with two attached hydrogens (primary N) is 1. The molecule has 1 aliphatic rings. The summed E-state index contributed by atoms with van der Waals surface area (Å²) in [7, 11) is 0. The molecule has 0 amide bonds. The second kappa shape index (κ2) is 5.47. The molecule has 0 unspecified atom stereocenters. The molecule has 1 fully saturated rings. The number of hydrogen-bond donors (Lipinski definition) is 2. The number of rotatable bonds is 2. The average Bonchev–Trinajstić information content (AvgIpc) is 2.82. The van der Waals surface area contributed by atoms with Crippen molar-refractivity contribution in [1.29, 1.82) is 0 Å². The van der Waals surface area contributed by atoms with Crippen LogP contribution in [0.25, 0.3) is 0 Å². The minimum atomic E-state index is -0.371. The Morgan fingerprint density at radius 2 is 2.12 bits per heavy atom. The first-order chi connectivity index (χ1) is 8.20. The Balaban J connectivity index is 2.30. The van der Waals surface area contributed by atoms with Crippen LogP contribution in [0.1, 0.15) is 31.2 Å². The van der Waals surface area contributed by atoms with Crippen molar-refractivity contribution >= 4 is 17.4 Å². The van der Waals surface area contributed by atoms with Gasteiger partial charge in [0.05, 0.1) is 11.6 Å². The van der Waals surface area contributed by atoms with E-state index in [0.29, 0.717) is 16.4 Å². The van der Waals surface area contributed by atoms with Crippen LogP contribution in [0.3, 0.4) is 0 Å². The molecule has 0 atom stereocenters. The minimum Gasteiger partial charge on any atom is -0.308 e. The van der Waals surface area contributed by atoms with E-state index in [0.717, 1.165) is 12.8 Å². The zero-order valence-corrected chi connectivity index (χ0v) is 10.2. The lowest BCUT2D eigenvalue weighted by molar-refractivity contribution is 0.622. The van der Waals surface area contributed by atoms with Crippen LogP contribution in [0.4, 0.5) is 4.39 Å². The van der Waals surface area contributed by atoms with E-state index in [1.54, 1.807) is 0 Å². The van der Waals surface area contributed by atoms with E-state index in [2.05, 4.69) is 10.4 Å². The van der Waals surface area contributed by atoms with E-state index in [1.165, 1.54) is 31.0 Å². The van der Waals surface area contributed by atoms with Gasteiger partial charge in [-0.25, -0.2) is 10.2 Å². The Morgan fingerprint density at radius 1 is 1.41 bits per heavy atom. The van der Waals surface area contributed by atoms with E-state index < -0.39 is 0 Å². The van der Waals surface area contributed by atoms with Gasteiger partial charge in [0, 0.05) is 5.02 Å². The smallest absolute Gasteiger partial charge is 0.145 e. The summed E-state index contributed by atoms with van der Waals surface area (Å²) in [4.78, 5) is 4.45. The zero-order valence-electron chi connectivity index (χ0n) is 9.42. The summed E-state index contributed by atoms with van der Waals surface area (Å²) >= 11 is 5.84. The topological polar surface area (TPSA) is 50.4 Å². The van der Waals surface area contributed by atoms with Gasteiger partial charge in [-0.05, 0) is 31.0 Å². The summed E-state index contributed by atoms with van der Waals surface area (Å²) in [5.74, 6) is 5.41. The highest BCUT2D eigenvalue weighted by molar-refractivity contribution is 6.31. The molecule has 0 saturated heterocycles. The Morgan fingerprint density at radius 3 is 2.76 bits per heavy atom. The predicted octanol–water partition coefficient (Wildman–Crippen LogP) is 2.63. The number of halogens is 2. The standard InChI is InChI=1S/C12H15ClFN3/c13-8-5-6-11(14)10(7-8)12(17-15)16-9-3-1-2-4-9/h5-7,9H,1-4,15H2,(H,16,17). The Bertz CT molecular complexity index is 428. The first-order valence-electron chi connectivity index (χ1n) is 5.70. The van der Waals surface area contributed by atoms with Gasteiger partial charge in [-0.1, -0.05) is 24.4 Å². The van der Waals surface area contributed by atoms with Gasteiger partial charge in [0.25, 0.3) is 0 Å². The van der Waals surface area contributed by atoms with Crippen molar-refractivity contribution in [3.8, 4) is 0 Å². The van der Waals surface area contributed by atoms with Crippen molar-refractivity contribution in [3.63, 3.8) is 0 Å². The predicted molar refractivity (Wildman–Crippen MR) is 67.5 cm³/mol. The molecule has 5 heteroatoms. The lowest BCUT2D eigenvalue weighted by atomic mass is 10.2. The Hall–Kier alpha value is -1.13. The maximum Gasteiger partial charge on any atom is 0.145 e. The van der Waals surface area contributed by atoms with E-state index >= 15 is 0 Å². The summed E-state index contributed by atoms with van der Waals surface area (Å²) < 4.78 is 13.6. The van der Waals surface area contributed by atoms with Crippen LogP contribution < -0.4 is 11.3 Å². The van der Waals surface area contributed by atoms with Gasteiger partial charge < -0.3 is 5.43 Å². The van der Waals surface area contributed by atoms with E-state index in [9.17, 15) is 4.39 Å². The molecule has 2 rings (SSSR count). The second-order valence-corrected chi connectivity index (χ2v) is 4.62. The summed E-state index contributed by atoms with van der Waals surface area (Å²) in [5, 5.41) is 0.468. The van der Waals surface area contributed by atoms with Gasteiger partial charge >= 0.3 is 0 Å². The van der Waals surface area contributed by atoms with Gasteiger partial charge in [0.15, 0.2) is 0 Å². The van der Waals surface area contributed by atoms with E-state index in [4.69, 9.17) is 17.4 Å². The molecule has 3 N–H and O–H groups in total. The highest BCUT2D eigenvalue weighted by Gasteiger charge is 2.16. The molecule has 1 aromatic rings. The molecule has 1 aliphatic carbocycles. The van der Waals surface area contributed by atoms with Crippen molar-refractivity contribution < 1.29 is 4.39 Å². The fraction of sp³-hybridized carbons (Fsp3) is 0.417. The average molecular weight is 256 g/mol. The number of hydrazine groups is 1. The molecule has 0 spiro atoms. The van der Waals surface area contributed by atoms with Gasteiger partial charge in [-0.15, -0.1) is 0 Å². The van der Waals surface area contributed by atoms with Gasteiger partial charge in [0.1, 0.15) is 11.7 Å². The second-order valence-electron chi connectivity index (χ2n) is 4.18. The molecule has 0 heterocycles. The third-order valence-electron chi connectivity index (χ3n) is 2.96. The first kappa shape index (κ1) is 12.3. The highest BCUT2D eigenvalue weighted by Crippen LogP contribution is 2.22. The number of amidine groups is 1. The normalized spacial score (nSPS) is 17.5. The number of hydrogen-bond acceptors (Lipinski definition) is 2. The van der Waals surface area contributed by atoms with Crippen LogP contribution in [0, 0.1) is 5.82 Å². The maximum atomic E-state index is 13.6.